The minimum atomic E-state index is -0.747. The molecule has 1 aliphatic rings. The van der Waals surface area contributed by atoms with E-state index in [2.05, 4.69) is 5.32 Å². The van der Waals surface area contributed by atoms with E-state index in [1.807, 2.05) is 51.1 Å². The lowest BCUT2D eigenvalue weighted by molar-refractivity contribution is -0.162. The number of cyclic esters (lactones) is 1. The summed E-state index contributed by atoms with van der Waals surface area (Å²) in [5.41, 5.74) is -0.00519. The fraction of sp³-hybridized carbons (Fsp3) is 0.462. The van der Waals surface area contributed by atoms with Crippen LogP contribution in [0.1, 0.15) is 26.3 Å². The van der Waals surface area contributed by atoms with Crippen molar-refractivity contribution < 1.29 is 9.53 Å². The first-order valence-corrected chi connectivity index (χ1v) is 5.46. The Kier molecular flexibility index (Phi) is 2.50. The van der Waals surface area contributed by atoms with Gasteiger partial charge >= 0.3 is 5.97 Å². The normalized spacial score (nSPS) is 28.6. The molecule has 1 fully saturated rings. The molecule has 1 atom stereocenters. The molecule has 86 valence electrons. The average Bonchev–Trinajstić information content (AvgIpc) is 2.25. The van der Waals surface area contributed by atoms with E-state index >= 15 is 0 Å². The zero-order valence-electron chi connectivity index (χ0n) is 9.91. The summed E-state index contributed by atoms with van der Waals surface area (Å²) in [6.45, 7) is 6.33. The van der Waals surface area contributed by atoms with Crippen molar-refractivity contribution in [2.24, 2.45) is 0 Å². The SMILES string of the molecule is CC1(C)COC(=O)C(C)(c2ccccc2)N1. The van der Waals surface area contributed by atoms with Crippen molar-refractivity contribution in [3.63, 3.8) is 0 Å². The number of esters is 1. The summed E-state index contributed by atoms with van der Waals surface area (Å²) in [4.78, 5) is 11.9. The van der Waals surface area contributed by atoms with Gasteiger partial charge in [-0.1, -0.05) is 30.3 Å². The number of rotatable bonds is 1. The van der Waals surface area contributed by atoms with Crippen LogP contribution < -0.4 is 5.32 Å². The van der Waals surface area contributed by atoms with E-state index in [1.54, 1.807) is 0 Å². The van der Waals surface area contributed by atoms with Gasteiger partial charge in [-0.15, -0.1) is 0 Å². The molecule has 1 aromatic carbocycles. The van der Waals surface area contributed by atoms with E-state index in [1.165, 1.54) is 0 Å². The Bertz CT molecular complexity index is 400. The molecule has 0 aromatic heterocycles. The molecule has 0 radical (unpaired) electrons. The molecule has 3 nitrogen and oxygen atoms in total. The van der Waals surface area contributed by atoms with Gasteiger partial charge < -0.3 is 4.74 Å². The zero-order chi connectivity index (χ0) is 11.8. The van der Waals surface area contributed by atoms with E-state index in [9.17, 15) is 4.79 Å². The number of hydrogen-bond acceptors (Lipinski definition) is 3. The molecule has 1 aromatic rings. The van der Waals surface area contributed by atoms with Gasteiger partial charge in [-0.2, -0.15) is 0 Å². The maximum absolute atomic E-state index is 11.9. The minimum absolute atomic E-state index is 0.196. The lowest BCUT2D eigenvalue weighted by Crippen LogP contribution is -2.63. The molecule has 3 heteroatoms. The summed E-state index contributed by atoms with van der Waals surface area (Å²) in [7, 11) is 0. The first kappa shape index (κ1) is 11.1. The zero-order valence-corrected chi connectivity index (χ0v) is 9.91. The van der Waals surface area contributed by atoms with Crippen LogP contribution in [0.5, 0.6) is 0 Å². The number of ether oxygens (including phenoxy) is 1. The molecule has 1 unspecified atom stereocenters. The summed E-state index contributed by atoms with van der Waals surface area (Å²) in [6.07, 6.45) is 0. The van der Waals surface area contributed by atoms with Crippen LogP contribution in [-0.4, -0.2) is 18.1 Å². The number of hydrogen-bond donors (Lipinski definition) is 1. The van der Waals surface area contributed by atoms with E-state index < -0.39 is 5.54 Å². The van der Waals surface area contributed by atoms with Gasteiger partial charge in [0.15, 0.2) is 0 Å². The summed E-state index contributed by atoms with van der Waals surface area (Å²) >= 11 is 0. The Hall–Kier alpha value is -1.35. The lowest BCUT2D eigenvalue weighted by Gasteiger charge is -2.42. The standard InChI is InChI=1S/C13H17NO2/c1-12(2)9-16-11(15)13(3,14-12)10-7-5-4-6-8-10/h4-8,14H,9H2,1-3H3. The van der Waals surface area contributed by atoms with Crippen LogP contribution in [0.4, 0.5) is 0 Å². The van der Waals surface area contributed by atoms with Gasteiger partial charge in [0.25, 0.3) is 0 Å². The molecule has 0 bridgehead atoms. The Morgan fingerprint density at radius 3 is 2.44 bits per heavy atom. The summed E-state index contributed by atoms with van der Waals surface area (Å²) < 4.78 is 5.26. The predicted octanol–water partition coefficient (Wildman–Crippen LogP) is 1.83. The van der Waals surface area contributed by atoms with Gasteiger partial charge in [0.2, 0.25) is 0 Å². The highest BCUT2D eigenvalue weighted by atomic mass is 16.5. The third-order valence-electron chi connectivity index (χ3n) is 2.91. The molecule has 2 rings (SSSR count). The largest absolute Gasteiger partial charge is 0.462 e. The van der Waals surface area contributed by atoms with Crippen molar-refractivity contribution in [3.05, 3.63) is 35.9 Å². The Labute approximate surface area is 95.8 Å². The minimum Gasteiger partial charge on any atom is -0.462 e. The molecule has 1 N–H and O–H groups in total. The van der Waals surface area contributed by atoms with Crippen LogP contribution in [0.25, 0.3) is 0 Å². The molecule has 0 amide bonds. The van der Waals surface area contributed by atoms with Crippen LogP contribution in [-0.2, 0) is 15.1 Å². The number of carbonyl (C=O) groups is 1. The third kappa shape index (κ3) is 1.83. The van der Waals surface area contributed by atoms with Gasteiger partial charge in [0, 0.05) is 5.54 Å². The highest BCUT2D eigenvalue weighted by Gasteiger charge is 2.45. The van der Waals surface area contributed by atoms with Gasteiger partial charge in [-0.25, -0.2) is 4.79 Å². The van der Waals surface area contributed by atoms with Crippen molar-refractivity contribution in [2.75, 3.05) is 6.61 Å². The molecule has 16 heavy (non-hydrogen) atoms. The van der Waals surface area contributed by atoms with Gasteiger partial charge in [0.1, 0.15) is 12.1 Å². The van der Waals surface area contributed by atoms with Crippen molar-refractivity contribution >= 4 is 5.97 Å². The van der Waals surface area contributed by atoms with E-state index in [4.69, 9.17) is 4.74 Å². The Morgan fingerprint density at radius 1 is 1.19 bits per heavy atom. The van der Waals surface area contributed by atoms with E-state index in [-0.39, 0.29) is 11.5 Å². The molecule has 0 spiro atoms. The molecular weight excluding hydrogens is 202 g/mol. The van der Waals surface area contributed by atoms with Gasteiger partial charge in [-0.05, 0) is 26.3 Å². The number of benzene rings is 1. The van der Waals surface area contributed by atoms with Gasteiger partial charge in [-0.3, -0.25) is 5.32 Å². The summed E-state index contributed by atoms with van der Waals surface area (Å²) in [5.74, 6) is -0.210. The molecule has 0 saturated carbocycles. The number of morpholine rings is 1. The van der Waals surface area contributed by atoms with Crippen molar-refractivity contribution in [1.82, 2.24) is 5.32 Å². The first-order chi connectivity index (χ1) is 7.44. The molecule has 1 aliphatic heterocycles. The molecule has 0 aliphatic carbocycles. The van der Waals surface area contributed by atoms with Gasteiger partial charge in [0.05, 0.1) is 0 Å². The fourth-order valence-electron chi connectivity index (χ4n) is 2.12. The van der Waals surface area contributed by atoms with Crippen molar-refractivity contribution in [3.8, 4) is 0 Å². The molecule has 1 heterocycles. The van der Waals surface area contributed by atoms with Crippen LogP contribution in [0.15, 0.2) is 30.3 Å². The highest BCUT2D eigenvalue weighted by molar-refractivity contribution is 5.83. The second kappa shape index (κ2) is 3.59. The van der Waals surface area contributed by atoms with Crippen LogP contribution in [0, 0.1) is 0 Å². The van der Waals surface area contributed by atoms with Crippen LogP contribution in [0.2, 0.25) is 0 Å². The highest BCUT2D eigenvalue weighted by Crippen LogP contribution is 2.29. The first-order valence-electron chi connectivity index (χ1n) is 5.46. The van der Waals surface area contributed by atoms with Crippen molar-refractivity contribution in [2.45, 2.75) is 31.8 Å². The quantitative estimate of drug-likeness (QED) is 0.732. The second-order valence-electron chi connectivity index (χ2n) is 5.08. The predicted molar refractivity (Wildman–Crippen MR) is 62.0 cm³/mol. The monoisotopic (exact) mass is 219 g/mol. The second-order valence-corrected chi connectivity index (χ2v) is 5.08. The lowest BCUT2D eigenvalue weighted by atomic mass is 9.87. The topological polar surface area (TPSA) is 38.3 Å². The average molecular weight is 219 g/mol. The summed E-state index contributed by atoms with van der Waals surface area (Å²) in [6, 6.07) is 9.67. The van der Waals surface area contributed by atoms with E-state index in [0.717, 1.165) is 5.56 Å². The molecular formula is C13H17NO2. The Balaban J connectivity index is 2.39. The third-order valence-corrected chi connectivity index (χ3v) is 2.91. The van der Waals surface area contributed by atoms with Crippen LogP contribution in [0.3, 0.4) is 0 Å². The van der Waals surface area contributed by atoms with E-state index in [0.29, 0.717) is 6.61 Å². The maximum Gasteiger partial charge on any atom is 0.330 e. The van der Waals surface area contributed by atoms with Crippen molar-refractivity contribution in [1.29, 1.82) is 0 Å². The Morgan fingerprint density at radius 2 is 1.81 bits per heavy atom. The maximum atomic E-state index is 11.9. The summed E-state index contributed by atoms with van der Waals surface area (Å²) in [5, 5.41) is 3.36. The van der Waals surface area contributed by atoms with Crippen LogP contribution >= 0.6 is 0 Å². The fourth-order valence-corrected chi connectivity index (χ4v) is 2.12. The molecule has 1 saturated heterocycles. The smallest absolute Gasteiger partial charge is 0.330 e. The number of carbonyl (C=O) groups excluding carboxylic acids is 1. The number of nitrogens with one attached hydrogen (secondary N) is 1.